The number of carbonyl (C=O) groups is 1. The third kappa shape index (κ3) is 3.18. The third-order valence-corrected chi connectivity index (χ3v) is 4.27. The van der Waals surface area contributed by atoms with Gasteiger partial charge >= 0.3 is 5.97 Å². The first-order chi connectivity index (χ1) is 8.70. The molecule has 18 heavy (non-hydrogen) atoms. The van der Waals surface area contributed by atoms with Crippen molar-refractivity contribution in [2.75, 3.05) is 19.0 Å². The number of hydrogen-bond donors (Lipinski definition) is 1. The summed E-state index contributed by atoms with van der Waals surface area (Å²) in [6, 6.07) is 0. The van der Waals surface area contributed by atoms with Gasteiger partial charge in [0.15, 0.2) is 15.2 Å². The average molecular weight is 304 g/mol. The molecule has 96 valence electrons. The van der Waals surface area contributed by atoms with Gasteiger partial charge in [0.25, 0.3) is 0 Å². The van der Waals surface area contributed by atoms with Crippen LogP contribution in [-0.4, -0.2) is 29.6 Å². The van der Waals surface area contributed by atoms with Crippen LogP contribution in [0.25, 0.3) is 0 Å². The van der Waals surface area contributed by atoms with Crippen LogP contribution in [0.4, 0.5) is 5.13 Å². The van der Waals surface area contributed by atoms with E-state index in [1.807, 2.05) is 5.38 Å². The SMILES string of the molecule is COC(=O)c1sc(NCCc2nccs2)nc1Cl. The summed E-state index contributed by atoms with van der Waals surface area (Å²) in [5.74, 6) is -0.467. The summed E-state index contributed by atoms with van der Waals surface area (Å²) in [4.78, 5) is 19.9. The molecule has 0 atom stereocenters. The van der Waals surface area contributed by atoms with E-state index in [-0.39, 0.29) is 5.15 Å². The normalized spacial score (nSPS) is 10.3. The Hall–Kier alpha value is -1.18. The van der Waals surface area contributed by atoms with E-state index in [0.29, 0.717) is 16.6 Å². The van der Waals surface area contributed by atoms with Crippen molar-refractivity contribution in [3.63, 3.8) is 0 Å². The molecular formula is C10H10ClN3O2S2. The van der Waals surface area contributed by atoms with E-state index in [1.165, 1.54) is 18.4 Å². The van der Waals surface area contributed by atoms with Crippen LogP contribution >= 0.6 is 34.3 Å². The van der Waals surface area contributed by atoms with Gasteiger partial charge in [0, 0.05) is 24.5 Å². The maximum absolute atomic E-state index is 11.3. The fourth-order valence-electron chi connectivity index (χ4n) is 1.25. The van der Waals surface area contributed by atoms with Gasteiger partial charge in [-0.2, -0.15) is 0 Å². The van der Waals surface area contributed by atoms with Gasteiger partial charge in [-0.1, -0.05) is 22.9 Å². The highest BCUT2D eigenvalue weighted by Gasteiger charge is 2.16. The Balaban J connectivity index is 1.92. The minimum atomic E-state index is -0.467. The van der Waals surface area contributed by atoms with Crippen LogP contribution in [-0.2, 0) is 11.2 Å². The van der Waals surface area contributed by atoms with Crippen molar-refractivity contribution in [2.24, 2.45) is 0 Å². The van der Waals surface area contributed by atoms with Crippen LogP contribution in [0.1, 0.15) is 14.7 Å². The molecule has 1 N–H and O–H groups in total. The third-order valence-electron chi connectivity index (χ3n) is 2.06. The quantitative estimate of drug-likeness (QED) is 0.860. The maximum Gasteiger partial charge on any atom is 0.351 e. The van der Waals surface area contributed by atoms with E-state index >= 15 is 0 Å². The van der Waals surface area contributed by atoms with Crippen molar-refractivity contribution in [3.8, 4) is 0 Å². The predicted molar refractivity (Wildman–Crippen MR) is 72.8 cm³/mol. The Labute approximate surface area is 117 Å². The molecule has 2 aromatic rings. The molecule has 0 aliphatic heterocycles. The van der Waals surface area contributed by atoms with Gasteiger partial charge in [0.2, 0.25) is 0 Å². The number of anilines is 1. The van der Waals surface area contributed by atoms with Gasteiger partial charge < -0.3 is 10.1 Å². The predicted octanol–water partition coefficient (Wildman–Crippen LogP) is 2.69. The summed E-state index contributed by atoms with van der Waals surface area (Å²) in [6.45, 7) is 0.692. The Morgan fingerprint density at radius 3 is 3.11 bits per heavy atom. The molecule has 0 unspecified atom stereocenters. The van der Waals surface area contributed by atoms with Crippen LogP contribution in [0.3, 0.4) is 0 Å². The van der Waals surface area contributed by atoms with E-state index in [9.17, 15) is 4.79 Å². The lowest BCUT2D eigenvalue weighted by Crippen LogP contribution is -2.03. The summed E-state index contributed by atoms with van der Waals surface area (Å²) in [6.07, 6.45) is 2.58. The van der Waals surface area contributed by atoms with Gasteiger partial charge in [-0.3, -0.25) is 0 Å². The van der Waals surface area contributed by atoms with Gasteiger partial charge in [-0.15, -0.1) is 11.3 Å². The fourth-order valence-corrected chi connectivity index (χ4v) is 3.00. The van der Waals surface area contributed by atoms with Crippen molar-refractivity contribution in [2.45, 2.75) is 6.42 Å². The molecule has 0 saturated carbocycles. The minimum absolute atomic E-state index is 0.170. The molecule has 0 spiro atoms. The molecule has 5 nitrogen and oxygen atoms in total. The summed E-state index contributed by atoms with van der Waals surface area (Å²) in [5, 5.41) is 6.87. The molecular weight excluding hydrogens is 294 g/mol. The number of esters is 1. The fraction of sp³-hybridized carbons (Fsp3) is 0.300. The number of methoxy groups -OCH3 is 1. The molecule has 2 aromatic heterocycles. The first-order valence-electron chi connectivity index (χ1n) is 5.07. The first kappa shape index (κ1) is 13.3. The second-order valence-electron chi connectivity index (χ2n) is 3.23. The number of rotatable bonds is 5. The van der Waals surface area contributed by atoms with Gasteiger partial charge in [0.1, 0.15) is 0 Å². The molecule has 0 amide bonds. The molecule has 0 aromatic carbocycles. The van der Waals surface area contributed by atoms with Crippen molar-refractivity contribution in [1.82, 2.24) is 9.97 Å². The molecule has 0 radical (unpaired) electrons. The highest BCUT2D eigenvalue weighted by atomic mass is 35.5. The zero-order chi connectivity index (χ0) is 13.0. The molecule has 0 aliphatic rings. The number of nitrogens with one attached hydrogen (secondary N) is 1. The molecule has 0 saturated heterocycles. The van der Waals surface area contributed by atoms with Crippen LogP contribution < -0.4 is 5.32 Å². The lowest BCUT2D eigenvalue weighted by molar-refractivity contribution is 0.0606. The first-order valence-corrected chi connectivity index (χ1v) is 7.15. The second-order valence-corrected chi connectivity index (χ2v) is 5.57. The van der Waals surface area contributed by atoms with E-state index < -0.39 is 5.97 Å². The van der Waals surface area contributed by atoms with Crippen molar-refractivity contribution >= 4 is 45.4 Å². The number of hydrogen-bond acceptors (Lipinski definition) is 7. The highest BCUT2D eigenvalue weighted by molar-refractivity contribution is 7.18. The van der Waals surface area contributed by atoms with E-state index in [4.69, 9.17) is 11.6 Å². The Morgan fingerprint density at radius 1 is 1.61 bits per heavy atom. The average Bonchev–Trinajstić information content (AvgIpc) is 2.98. The smallest absolute Gasteiger partial charge is 0.351 e. The standard InChI is InChI=1S/C10H10ClN3O2S2/c1-16-9(15)7-8(11)14-10(18-7)13-3-2-6-12-4-5-17-6/h4-5H,2-3H2,1H3,(H,13,14). The van der Waals surface area contributed by atoms with Gasteiger partial charge in [-0.25, -0.2) is 14.8 Å². The lowest BCUT2D eigenvalue weighted by Gasteiger charge is -1.99. The van der Waals surface area contributed by atoms with Crippen molar-refractivity contribution in [3.05, 3.63) is 26.6 Å². The molecule has 8 heteroatoms. The number of nitrogens with zero attached hydrogens (tertiary/aromatic N) is 2. The number of aromatic nitrogens is 2. The van der Waals surface area contributed by atoms with Gasteiger partial charge in [-0.05, 0) is 0 Å². The van der Waals surface area contributed by atoms with E-state index in [2.05, 4.69) is 20.0 Å². The molecule has 0 bridgehead atoms. The minimum Gasteiger partial charge on any atom is -0.465 e. The summed E-state index contributed by atoms with van der Waals surface area (Å²) in [7, 11) is 1.31. The van der Waals surface area contributed by atoms with Crippen molar-refractivity contribution in [1.29, 1.82) is 0 Å². The maximum atomic E-state index is 11.3. The number of thiazole rings is 2. The number of carbonyl (C=O) groups excluding carboxylic acids is 1. The zero-order valence-electron chi connectivity index (χ0n) is 9.47. The summed E-state index contributed by atoms with van der Waals surface area (Å²) < 4.78 is 4.60. The highest BCUT2D eigenvalue weighted by Crippen LogP contribution is 2.27. The molecule has 2 rings (SSSR count). The van der Waals surface area contributed by atoms with E-state index in [0.717, 1.165) is 11.4 Å². The largest absolute Gasteiger partial charge is 0.465 e. The number of ether oxygens (including phenoxy) is 1. The Bertz CT molecular complexity index is 527. The molecule has 0 fully saturated rings. The Morgan fingerprint density at radius 2 is 2.44 bits per heavy atom. The Kier molecular flexibility index (Phi) is 4.51. The molecule has 2 heterocycles. The monoisotopic (exact) mass is 303 g/mol. The van der Waals surface area contributed by atoms with E-state index in [1.54, 1.807) is 17.5 Å². The van der Waals surface area contributed by atoms with Gasteiger partial charge in [0.05, 0.1) is 12.1 Å². The zero-order valence-corrected chi connectivity index (χ0v) is 11.9. The van der Waals surface area contributed by atoms with Crippen molar-refractivity contribution < 1.29 is 9.53 Å². The van der Waals surface area contributed by atoms with Crippen LogP contribution in [0.15, 0.2) is 11.6 Å². The lowest BCUT2D eigenvalue weighted by atomic mass is 10.4. The topological polar surface area (TPSA) is 64.1 Å². The van der Waals surface area contributed by atoms with Crippen LogP contribution in [0, 0.1) is 0 Å². The summed E-state index contributed by atoms with van der Waals surface area (Å²) in [5.41, 5.74) is 0. The molecule has 0 aliphatic carbocycles. The number of halogens is 1. The van der Waals surface area contributed by atoms with Crippen LogP contribution in [0.5, 0.6) is 0 Å². The summed E-state index contributed by atoms with van der Waals surface area (Å²) >= 11 is 8.64. The van der Waals surface area contributed by atoms with Crippen LogP contribution in [0.2, 0.25) is 5.15 Å². The second kappa shape index (κ2) is 6.12.